The zero-order valence-corrected chi connectivity index (χ0v) is 18.3. The number of thioether (sulfide) groups is 1. The van der Waals surface area contributed by atoms with Crippen molar-refractivity contribution in [1.82, 2.24) is 4.90 Å². The quantitative estimate of drug-likeness (QED) is 0.703. The van der Waals surface area contributed by atoms with Gasteiger partial charge in [0.1, 0.15) is 0 Å². The number of carboxylic acids is 1. The Labute approximate surface area is 185 Å². The van der Waals surface area contributed by atoms with Crippen molar-refractivity contribution in [2.75, 3.05) is 6.54 Å². The molecule has 0 radical (unpaired) electrons. The minimum absolute atomic E-state index is 0.0854. The number of nitrogens with zero attached hydrogens (tertiary/aromatic N) is 1. The van der Waals surface area contributed by atoms with Crippen LogP contribution in [-0.2, 0) is 14.3 Å². The van der Waals surface area contributed by atoms with Crippen LogP contribution in [-0.4, -0.2) is 45.4 Å². The minimum atomic E-state index is -1.19. The maximum Gasteiger partial charge on any atom is 0.417 e. The minimum Gasteiger partial charge on any atom is -0.481 e. The number of amides is 2. The highest BCUT2D eigenvalue weighted by atomic mass is 32.2. The van der Waals surface area contributed by atoms with Gasteiger partial charge in [0.25, 0.3) is 5.91 Å². The maximum atomic E-state index is 12.5. The molecule has 0 unspecified atom stereocenters. The average molecular weight is 440 g/mol. The van der Waals surface area contributed by atoms with E-state index in [9.17, 15) is 19.5 Å². The van der Waals surface area contributed by atoms with Crippen LogP contribution in [0.3, 0.4) is 0 Å². The molecule has 4 rings (SSSR count). The maximum absolute atomic E-state index is 12.5. The van der Waals surface area contributed by atoms with Gasteiger partial charge in [-0.25, -0.2) is 9.69 Å². The third-order valence-electron chi connectivity index (χ3n) is 6.00. The Kier molecular flexibility index (Phi) is 5.79. The van der Waals surface area contributed by atoms with E-state index in [0.717, 1.165) is 20.9 Å². The van der Waals surface area contributed by atoms with Crippen LogP contribution in [0.2, 0.25) is 0 Å². The number of carboxylic acid groups (broad SMARTS) is 1. The highest BCUT2D eigenvalue weighted by Gasteiger charge is 2.50. The van der Waals surface area contributed by atoms with Crippen molar-refractivity contribution in [3.63, 3.8) is 0 Å². The zero-order chi connectivity index (χ0) is 22.2. The first kappa shape index (κ1) is 21.4. The third kappa shape index (κ3) is 4.32. The third-order valence-corrected chi connectivity index (χ3v) is 7.38. The molecule has 1 saturated carbocycles. The molecule has 0 bridgehead atoms. The Hall–Kier alpha value is -2.80. The lowest BCUT2D eigenvalue weighted by molar-refractivity contribution is -0.143. The summed E-state index contributed by atoms with van der Waals surface area (Å²) < 4.78 is 5.13. The molecule has 1 heterocycles. The molecule has 1 saturated heterocycles. The topological polar surface area (TPSA) is 83.9 Å². The van der Waals surface area contributed by atoms with Gasteiger partial charge in [-0.1, -0.05) is 42.5 Å². The summed E-state index contributed by atoms with van der Waals surface area (Å²) in [5.74, 6) is -2.22. The number of carbonyl (C=O) groups is 3. The lowest BCUT2D eigenvalue weighted by Crippen LogP contribution is -2.41. The molecule has 2 amide bonds. The van der Waals surface area contributed by atoms with E-state index in [1.54, 1.807) is 25.6 Å². The monoisotopic (exact) mass is 439 g/mol. The van der Waals surface area contributed by atoms with Gasteiger partial charge in [-0.2, -0.15) is 0 Å². The molecular weight excluding hydrogens is 414 g/mol. The fourth-order valence-corrected chi connectivity index (χ4v) is 5.77. The molecule has 2 fully saturated rings. The summed E-state index contributed by atoms with van der Waals surface area (Å²) in [6.07, 6.45) is 0.674. The highest BCUT2D eigenvalue weighted by Crippen LogP contribution is 2.44. The van der Waals surface area contributed by atoms with E-state index in [0.29, 0.717) is 12.8 Å². The van der Waals surface area contributed by atoms with Crippen molar-refractivity contribution in [2.45, 2.75) is 42.4 Å². The highest BCUT2D eigenvalue weighted by molar-refractivity contribution is 8.00. The number of carbonyl (C=O) groups excluding carboxylic acids is 2. The first-order valence-corrected chi connectivity index (χ1v) is 11.2. The number of cyclic esters (lactones) is 1. The number of ether oxygens (including phenoxy) is 1. The molecule has 6 nitrogen and oxygen atoms in total. The van der Waals surface area contributed by atoms with Crippen LogP contribution in [0.25, 0.3) is 11.1 Å². The molecule has 2 aliphatic rings. The van der Waals surface area contributed by atoms with Crippen LogP contribution in [0.1, 0.15) is 26.7 Å². The molecule has 7 heteroatoms. The van der Waals surface area contributed by atoms with Crippen molar-refractivity contribution in [3.8, 4) is 11.1 Å². The number of imide groups is 1. The van der Waals surface area contributed by atoms with Crippen molar-refractivity contribution in [1.29, 1.82) is 0 Å². The van der Waals surface area contributed by atoms with E-state index < -0.39 is 29.5 Å². The summed E-state index contributed by atoms with van der Waals surface area (Å²) >= 11 is 1.55. The average Bonchev–Trinajstić information content (AvgIpc) is 3.22. The van der Waals surface area contributed by atoms with Crippen LogP contribution in [0.5, 0.6) is 0 Å². The van der Waals surface area contributed by atoms with Crippen LogP contribution in [0, 0.1) is 11.8 Å². The van der Waals surface area contributed by atoms with Gasteiger partial charge in [-0.3, -0.25) is 9.59 Å². The van der Waals surface area contributed by atoms with E-state index in [2.05, 4.69) is 12.1 Å². The number of hydrogen-bond donors (Lipinski definition) is 1. The smallest absolute Gasteiger partial charge is 0.417 e. The van der Waals surface area contributed by atoms with Gasteiger partial charge in [-0.15, -0.1) is 11.8 Å². The lowest BCUT2D eigenvalue weighted by Gasteiger charge is -2.23. The van der Waals surface area contributed by atoms with Gasteiger partial charge in [-0.05, 0) is 55.9 Å². The number of hydrogen-bond acceptors (Lipinski definition) is 5. The summed E-state index contributed by atoms with van der Waals surface area (Å²) in [5.41, 5.74) is 1.05. The van der Waals surface area contributed by atoms with E-state index >= 15 is 0 Å². The van der Waals surface area contributed by atoms with Gasteiger partial charge >= 0.3 is 12.1 Å². The van der Waals surface area contributed by atoms with Crippen LogP contribution < -0.4 is 0 Å². The van der Waals surface area contributed by atoms with Crippen molar-refractivity contribution < 1.29 is 24.2 Å². The molecule has 0 spiro atoms. The van der Waals surface area contributed by atoms with Crippen LogP contribution >= 0.6 is 11.8 Å². The van der Waals surface area contributed by atoms with E-state index in [4.69, 9.17) is 4.74 Å². The Balaban J connectivity index is 1.45. The normalized spacial score (nSPS) is 25.0. The first-order valence-electron chi connectivity index (χ1n) is 10.4. The molecular formula is C24H25NO5S. The summed E-state index contributed by atoms with van der Waals surface area (Å²) in [6.45, 7) is 3.19. The number of rotatable bonds is 6. The second-order valence-corrected chi connectivity index (χ2v) is 9.85. The Morgan fingerprint density at radius 1 is 1.06 bits per heavy atom. The standard InChI is InChI=1S/C24H25NO5S/c1-24(2)22(28)25(23(29)30-24)14-17-10-13-19(20(17)21(26)27)31-18-11-8-16(9-12-18)15-6-4-3-5-7-15/h3-9,11-12,17,19-20H,10,13-14H2,1-2H3,(H,26,27)/t17-,19-,20-/m0/s1. The van der Waals surface area contributed by atoms with Crippen molar-refractivity contribution >= 4 is 29.7 Å². The summed E-state index contributed by atoms with van der Waals surface area (Å²) in [4.78, 5) is 38.7. The largest absolute Gasteiger partial charge is 0.481 e. The molecule has 1 N–H and O–H groups in total. The zero-order valence-electron chi connectivity index (χ0n) is 17.5. The summed E-state index contributed by atoms with van der Waals surface area (Å²) in [6, 6.07) is 18.2. The Bertz CT molecular complexity index is 989. The Morgan fingerprint density at radius 2 is 1.71 bits per heavy atom. The van der Waals surface area contributed by atoms with E-state index in [1.165, 1.54) is 0 Å². The second kappa shape index (κ2) is 8.38. The lowest BCUT2D eigenvalue weighted by atomic mass is 9.95. The van der Waals surface area contributed by atoms with Crippen LogP contribution in [0.15, 0.2) is 59.5 Å². The SMILES string of the molecule is CC1(C)OC(=O)N(C[C@@H]2CC[C@H](Sc3ccc(-c4ccccc4)cc3)[C@H]2C(=O)O)C1=O. The number of benzene rings is 2. The molecule has 1 aliphatic carbocycles. The van der Waals surface area contributed by atoms with Crippen molar-refractivity contribution in [2.24, 2.45) is 11.8 Å². The first-order chi connectivity index (χ1) is 14.8. The molecule has 2 aromatic rings. The van der Waals surface area contributed by atoms with Gasteiger partial charge in [0.2, 0.25) is 0 Å². The van der Waals surface area contributed by atoms with Crippen molar-refractivity contribution in [3.05, 3.63) is 54.6 Å². The fraction of sp³-hybridized carbons (Fsp3) is 0.375. The molecule has 2 aromatic carbocycles. The fourth-order valence-electron chi connectivity index (χ4n) is 4.39. The molecule has 31 heavy (non-hydrogen) atoms. The summed E-state index contributed by atoms with van der Waals surface area (Å²) in [7, 11) is 0. The molecule has 3 atom stereocenters. The van der Waals surface area contributed by atoms with Gasteiger partial charge < -0.3 is 9.84 Å². The second-order valence-electron chi connectivity index (χ2n) is 8.54. The van der Waals surface area contributed by atoms with E-state index in [1.807, 2.05) is 42.5 Å². The predicted octanol–water partition coefficient (Wildman–Crippen LogP) is 4.68. The predicted molar refractivity (Wildman–Crippen MR) is 118 cm³/mol. The van der Waals surface area contributed by atoms with Gasteiger partial charge in [0.05, 0.1) is 5.92 Å². The molecule has 0 aromatic heterocycles. The number of aliphatic carboxylic acids is 1. The summed E-state index contributed by atoms with van der Waals surface area (Å²) in [5, 5.41) is 9.78. The van der Waals surface area contributed by atoms with E-state index in [-0.39, 0.29) is 17.7 Å². The van der Waals surface area contributed by atoms with Gasteiger partial charge in [0, 0.05) is 16.7 Å². The molecule has 1 aliphatic heterocycles. The van der Waals surface area contributed by atoms with Gasteiger partial charge in [0.15, 0.2) is 5.60 Å². The molecule has 162 valence electrons. The Morgan fingerprint density at radius 3 is 2.29 bits per heavy atom. The van der Waals surface area contributed by atoms with Crippen LogP contribution in [0.4, 0.5) is 4.79 Å².